The minimum absolute atomic E-state index is 0.671. The number of hydrogen-bond donors (Lipinski definition) is 1. The Morgan fingerprint density at radius 1 is 0.718 bits per heavy atom. The Morgan fingerprint density at radius 3 is 2.05 bits per heavy atom. The van der Waals surface area contributed by atoms with Crippen LogP contribution in [0.5, 0.6) is 0 Å². The van der Waals surface area contributed by atoms with Gasteiger partial charge in [-0.05, 0) is 109 Å². The number of aryl methyl sites for hydroxylation is 1. The standard InChI is InChI=1S/C36H31ClN2/c1-20(2)26-13-25(14-27(15-26)21(3)4)19-39-35-11-9-28(37)16-31(35)24(7)32-17-34-30(18-36(32)39)23(6)29-12-22(5)8-10-33(29)38-34/h8-18,38H,1,3,6-7,19H2,2,4-5H3. The summed E-state index contributed by atoms with van der Waals surface area (Å²) in [7, 11) is 0. The fourth-order valence-corrected chi connectivity index (χ4v) is 5.77. The molecule has 1 N–H and O–H groups in total. The lowest BCUT2D eigenvalue weighted by Crippen LogP contribution is -2.23. The molecule has 2 aliphatic heterocycles. The van der Waals surface area contributed by atoms with Crippen LogP contribution in [0.3, 0.4) is 0 Å². The van der Waals surface area contributed by atoms with E-state index in [1.165, 1.54) is 11.1 Å². The fraction of sp³-hybridized carbons (Fsp3) is 0.111. The Bertz CT molecular complexity index is 1740. The largest absolute Gasteiger partial charge is 0.354 e. The van der Waals surface area contributed by atoms with E-state index in [0.717, 1.165) is 78.4 Å². The number of anilines is 4. The Hall–Kier alpha value is -4.27. The van der Waals surface area contributed by atoms with Gasteiger partial charge in [0.1, 0.15) is 0 Å². The molecule has 0 radical (unpaired) electrons. The first-order valence-corrected chi connectivity index (χ1v) is 13.5. The summed E-state index contributed by atoms with van der Waals surface area (Å²) in [4.78, 5) is 2.37. The lowest BCUT2D eigenvalue weighted by molar-refractivity contribution is 0.961. The molecule has 2 nitrogen and oxygen atoms in total. The third kappa shape index (κ3) is 4.22. The van der Waals surface area contributed by atoms with E-state index < -0.39 is 0 Å². The normalized spacial score (nSPS) is 13.2. The monoisotopic (exact) mass is 526 g/mol. The first kappa shape index (κ1) is 25.0. The average molecular weight is 527 g/mol. The van der Waals surface area contributed by atoms with Gasteiger partial charge in [-0.3, -0.25) is 0 Å². The molecule has 0 unspecified atom stereocenters. The number of rotatable bonds is 4. The maximum Gasteiger partial charge on any atom is 0.0501 e. The Labute approximate surface area is 236 Å². The van der Waals surface area contributed by atoms with Crippen molar-refractivity contribution in [2.45, 2.75) is 27.3 Å². The number of hydrogen-bond acceptors (Lipinski definition) is 2. The highest BCUT2D eigenvalue weighted by atomic mass is 35.5. The van der Waals surface area contributed by atoms with E-state index in [0.29, 0.717) is 11.6 Å². The second kappa shape index (κ2) is 9.18. The van der Waals surface area contributed by atoms with Gasteiger partial charge >= 0.3 is 0 Å². The summed E-state index contributed by atoms with van der Waals surface area (Å²) in [5, 5.41) is 4.34. The molecule has 0 fully saturated rings. The van der Waals surface area contributed by atoms with Crippen molar-refractivity contribution < 1.29 is 0 Å². The van der Waals surface area contributed by atoms with Gasteiger partial charge in [0.25, 0.3) is 0 Å². The number of halogens is 1. The predicted molar refractivity (Wildman–Crippen MR) is 170 cm³/mol. The molecule has 0 spiro atoms. The van der Waals surface area contributed by atoms with Gasteiger partial charge in [-0.25, -0.2) is 0 Å². The number of fused-ring (bicyclic) bond motifs is 4. The average Bonchev–Trinajstić information content (AvgIpc) is 2.91. The van der Waals surface area contributed by atoms with Crippen LogP contribution in [0.15, 0.2) is 93.0 Å². The number of nitrogens with one attached hydrogen (secondary N) is 1. The molecule has 192 valence electrons. The van der Waals surface area contributed by atoms with Crippen LogP contribution in [-0.4, -0.2) is 0 Å². The van der Waals surface area contributed by atoms with Gasteiger partial charge in [-0.2, -0.15) is 0 Å². The molecule has 0 saturated carbocycles. The second-order valence-electron chi connectivity index (χ2n) is 10.8. The van der Waals surface area contributed by atoms with Crippen molar-refractivity contribution in [1.29, 1.82) is 0 Å². The zero-order valence-electron chi connectivity index (χ0n) is 22.7. The molecule has 0 saturated heterocycles. The van der Waals surface area contributed by atoms with E-state index in [1.54, 1.807) is 0 Å². The third-order valence-electron chi connectivity index (χ3n) is 7.74. The summed E-state index contributed by atoms with van der Waals surface area (Å²) < 4.78 is 0. The van der Waals surface area contributed by atoms with Crippen molar-refractivity contribution in [3.05, 3.63) is 143 Å². The van der Waals surface area contributed by atoms with E-state index in [-0.39, 0.29) is 0 Å². The van der Waals surface area contributed by atoms with Crippen LogP contribution >= 0.6 is 11.6 Å². The topological polar surface area (TPSA) is 15.3 Å². The molecule has 6 rings (SSSR count). The second-order valence-corrected chi connectivity index (χ2v) is 11.2. The van der Waals surface area contributed by atoms with Crippen molar-refractivity contribution in [3.8, 4) is 0 Å². The Kier molecular flexibility index (Phi) is 5.89. The number of allylic oxidation sites excluding steroid dienone is 2. The zero-order chi connectivity index (χ0) is 27.6. The molecule has 0 atom stereocenters. The maximum atomic E-state index is 6.49. The van der Waals surface area contributed by atoms with Gasteiger partial charge in [-0.1, -0.05) is 60.7 Å². The van der Waals surface area contributed by atoms with Crippen molar-refractivity contribution in [2.24, 2.45) is 0 Å². The summed E-state index contributed by atoms with van der Waals surface area (Å²) in [5.74, 6) is 0. The molecule has 39 heavy (non-hydrogen) atoms. The summed E-state index contributed by atoms with van der Waals surface area (Å²) >= 11 is 6.49. The Morgan fingerprint density at radius 2 is 1.36 bits per heavy atom. The van der Waals surface area contributed by atoms with Crippen LogP contribution in [0.1, 0.15) is 58.4 Å². The number of nitrogens with zero attached hydrogens (tertiary/aromatic N) is 1. The molecule has 0 amide bonds. The summed E-state index contributed by atoms with van der Waals surface area (Å²) in [6, 6.07) is 23.6. The van der Waals surface area contributed by atoms with Crippen LogP contribution in [0, 0.1) is 6.92 Å². The highest BCUT2D eigenvalue weighted by molar-refractivity contribution is 6.31. The smallest absolute Gasteiger partial charge is 0.0501 e. The molecule has 2 heterocycles. The van der Waals surface area contributed by atoms with Gasteiger partial charge in [-0.15, -0.1) is 0 Å². The molecule has 4 aromatic rings. The van der Waals surface area contributed by atoms with E-state index in [2.05, 4.69) is 98.1 Å². The maximum absolute atomic E-state index is 6.49. The molecule has 0 aliphatic carbocycles. The summed E-state index contributed by atoms with van der Waals surface area (Å²) in [6.45, 7) is 24.3. The fourth-order valence-electron chi connectivity index (χ4n) is 5.60. The van der Waals surface area contributed by atoms with E-state index >= 15 is 0 Å². The van der Waals surface area contributed by atoms with Crippen molar-refractivity contribution >= 4 is 56.6 Å². The highest BCUT2D eigenvalue weighted by Gasteiger charge is 2.30. The van der Waals surface area contributed by atoms with Gasteiger partial charge in [0.2, 0.25) is 0 Å². The van der Waals surface area contributed by atoms with Crippen molar-refractivity contribution in [3.63, 3.8) is 0 Å². The van der Waals surface area contributed by atoms with Crippen LogP contribution in [0.25, 0.3) is 22.3 Å². The van der Waals surface area contributed by atoms with Crippen LogP contribution < -0.4 is 10.2 Å². The highest BCUT2D eigenvalue weighted by Crippen LogP contribution is 2.50. The van der Waals surface area contributed by atoms with Crippen molar-refractivity contribution in [1.82, 2.24) is 0 Å². The van der Waals surface area contributed by atoms with Gasteiger partial charge in [0, 0.05) is 50.9 Å². The predicted octanol–water partition coefficient (Wildman–Crippen LogP) is 10.5. The quantitative estimate of drug-likeness (QED) is 0.250. The van der Waals surface area contributed by atoms with Crippen LogP contribution in [0.4, 0.5) is 22.7 Å². The molecule has 0 aromatic heterocycles. The van der Waals surface area contributed by atoms with E-state index in [4.69, 9.17) is 11.6 Å². The van der Waals surface area contributed by atoms with Gasteiger partial charge in [0.05, 0.1) is 5.69 Å². The molecule has 0 bridgehead atoms. The van der Waals surface area contributed by atoms with E-state index in [9.17, 15) is 0 Å². The lowest BCUT2D eigenvalue weighted by atomic mass is 9.85. The first-order chi connectivity index (χ1) is 18.6. The van der Waals surface area contributed by atoms with Crippen LogP contribution in [0.2, 0.25) is 5.02 Å². The molecular weight excluding hydrogens is 496 g/mol. The van der Waals surface area contributed by atoms with Gasteiger partial charge < -0.3 is 10.2 Å². The van der Waals surface area contributed by atoms with Crippen LogP contribution in [-0.2, 0) is 6.54 Å². The third-order valence-corrected chi connectivity index (χ3v) is 7.98. The summed E-state index contributed by atoms with van der Waals surface area (Å²) in [5.41, 5.74) is 17.3. The van der Waals surface area contributed by atoms with Gasteiger partial charge in [0.15, 0.2) is 0 Å². The minimum Gasteiger partial charge on any atom is -0.354 e. The molecule has 4 aromatic carbocycles. The molecule has 3 heteroatoms. The van der Waals surface area contributed by atoms with Crippen molar-refractivity contribution in [2.75, 3.05) is 10.2 Å². The summed E-state index contributed by atoms with van der Waals surface area (Å²) in [6.07, 6.45) is 0. The van der Waals surface area contributed by atoms with E-state index in [1.807, 2.05) is 26.0 Å². The minimum atomic E-state index is 0.671. The Balaban J connectivity index is 1.54. The number of benzene rings is 4. The lowest BCUT2D eigenvalue weighted by Gasteiger charge is -2.37. The zero-order valence-corrected chi connectivity index (χ0v) is 23.5. The molecular formula is C36H31ClN2. The first-order valence-electron chi connectivity index (χ1n) is 13.1. The SMILES string of the molecule is C=C(C)c1cc(CN2c3ccc(Cl)cc3C(=C)c3cc4c(cc32)C(=C)c2cc(C)ccc2N4)cc(C(=C)C)c1. The molecule has 2 aliphatic rings.